The van der Waals surface area contributed by atoms with E-state index in [0.29, 0.717) is 6.04 Å². The van der Waals surface area contributed by atoms with E-state index in [0.717, 1.165) is 6.54 Å². The Balaban J connectivity index is 1.69. The third-order valence-corrected chi connectivity index (χ3v) is 4.22. The number of anilines is 2. The fraction of sp³-hybridized carbons (Fsp3) is 0.250. The van der Waals surface area contributed by atoms with Gasteiger partial charge < -0.3 is 10.2 Å². The summed E-state index contributed by atoms with van der Waals surface area (Å²) in [5, 5.41) is 3.60. The summed E-state index contributed by atoms with van der Waals surface area (Å²) in [5.41, 5.74) is 3.95. The van der Waals surface area contributed by atoms with Crippen molar-refractivity contribution in [2.24, 2.45) is 0 Å². The van der Waals surface area contributed by atoms with Gasteiger partial charge in [-0.1, -0.05) is 42.5 Å². The van der Waals surface area contributed by atoms with Gasteiger partial charge in [0.2, 0.25) is 0 Å². The van der Waals surface area contributed by atoms with Crippen molar-refractivity contribution < 1.29 is 0 Å². The van der Waals surface area contributed by atoms with E-state index < -0.39 is 0 Å². The zero-order chi connectivity index (χ0) is 12.8. The van der Waals surface area contributed by atoms with Crippen LogP contribution in [0.4, 0.5) is 11.4 Å². The van der Waals surface area contributed by atoms with Crippen molar-refractivity contribution in [3.63, 3.8) is 0 Å². The number of nitrogens with one attached hydrogen (secondary N) is 1. The molecular weight excluding hydrogens is 234 g/mol. The molecule has 0 bridgehead atoms. The standard InChI is InChI=1S/C16H17N3/c1-18-15(12-7-3-2-4-8-12)11-19-14-10-6-5-9-13(14)17-16(18)19/h2-10,15-17H,11H2,1H3. The monoisotopic (exact) mass is 251 g/mol. The molecule has 0 amide bonds. The van der Waals surface area contributed by atoms with Gasteiger partial charge in [0.05, 0.1) is 17.4 Å². The van der Waals surface area contributed by atoms with Crippen LogP contribution in [-0.4, -0.2) is 24.8 Å². The first-order chi connectivity index (χ1) is 9.34. The highest BCUT2D eigenvalue weighted by Gasteiger charge is 2.42. The summed E-state index contributed by atoms with van der Waals surface area (Å²) in [6, 6.07) is 19.7. The van der Waals surface area contributed by atoms with Gasteiger partial charge in [0.1, 0.15) is 0 Å². The van der Waals surface area contributed by atoms with Crippen LogP contribution in [-0.2, 0) is 0 Å². The molecule has 2 unspecified atom stereocenters. The highest BCUT2D eigenvalue weighted by atomic mass is 15.5. The van der Waals surface area contributed by atoms with E-state index in [1.807, 2.05) is 0 Å². The Morgan fingerprint density at radius 1 is 1.00 bits per heavy atom. The molecule has 1 N–H and O–H groups in total. The van der Waals surface area contributed by atoms with Crippen LogP contribution in [0.15, 0.2) is 54.6 Å². The van der Waals surface area contributed by atoms with Crippen LogP contribution < -0.4 is 10.2 Å². The van der Waals surface area contributed by atoms with E-state index in [1.54, 1.807) is 0 Å². The second-order valence-corrected chi connectivity index (χ2v) is 5.28. The molecule has 3 heteroatoms. The van der Waals surface area contributed by atoms with Crippen molar-refractivity contribution >= 4 is 11.4 Å². The first-order valence-electron chi connectivity index (χ1n) is 6.74. The second-order valence-electron chi connectivity index (χ2n) is 5.28. The molecule has 19 heavy (non-hydrogen) atoms. The normalized spacial score (nSPS) is 25.0. The van der Waals surface area contributed by atoms with E-state index in [1.165, 1.54) is 16.9 Å². The number of hydrogen-bond acceptors (Lipinski definition) is 3. The molecule has 96 valence electrons. The van der Waals surface area contributed by atoms with Crippen molar-refractivity contribution in [3.8, 4) is 0 Å². The van der Waals surface area contributed by atoms with Gasteiger partial charge in [-0.25, -0.2) is 0 Å². The number of hydrogen-bond donors (Lipinski definition) is 1. The lowest BCUT2D eigenvalue weighted by atomic mass is 10.1. The van der Waals surface area contributed by atoms with E-state index in [4.69, 9.17) is 0 Å². The number of likely N-dealkylation sites (N-methyl/N-ethyl adjacent to an activating group) is 1. The third kappa shape index (κ3) is 1.55. The zero-order valence-electron chi connectivity index (χ0n) is 11.0. The molecule has 2 atom stereocenters. The van der Waals surface area contributed by atoms with Crippen molar-refractivity contribution in [1.29, 1.82) is 0 Å². The molecule has 0 aliphatic carbocycles. The predicted octanol–water partition coefficient (Wildman–Crippen LogP) is 2.89. The molecule has 2 aliphatic rings. The van der Waals surface area contributed by atoms with E-state index >= 15 is 0 Å². The predicted molar refractivity (Wildman–Crippen MR) is 78.1 cm³/mol. The fourth-order valence-electron chi connectivity index (χ4n) is 3.22. The SMILES string of the molecule is CN1C(c2ccccc2)CN2c3ccccc3NC21. The summed E-state index contributed by atoms with van der Waals surface area (Å²) in [7, 11) is 2.20. The lowest BCUT2D eigenvalue weighted by Gasteiger charge is -2.24. The van der Waals surface area contributed by atoms with Crippen LogP contribution in [0, 0.1) is 0 Å². The molecule has 0 saturated carbocycles. The second kappa shape index (κ2) is 4.00. The molecule has 0 spiro atoms. The zero-order valence-corrected chi connectivity index (χ0v) is 11.0. The Hall–Kier alpha value is -2.00. The molecule has 2 heterocycles. The first-order valence-corrected chi connectivity index (χ1v) is 6.74. The molecular formula is C16H17N3. The van der Waals surface area contributed by atoms with Crippen LogP contribution >= 0.6 is 0 Å². The van der Waals surface area contributed by atoms with Crippen molar-refractivity contribution in [2.45, 2.75) is 12.3 Å². The van der Waals surface area contributed by atoms with E-state index in [2.05, 4.69) is 76.8 Å². The maximum absolute atomic E-state index is 3.60. The number of nitrogens with zero attached hydrogens (tertiary/aromatic N) is 2. The van der Waals surface area contributed by atoms with Crippen LogP contribution in [0.3, 0.4) is 0 Å². The number of rotatable bonds is 1. The summed E-state index contributed by atoms with van der Waals surface area (Å²) in [6.45, 7) is 1.04. The Bertz CT molecular complexity index is 596. The van der Waals surface area contributed by atoms with Gasteiger partial charge in [-0.3, -0.25) is 4.90 Å². The average molecular weight is 251 g/mol. The van der Waals surface area contributed by atoms with Gasteiger partial charge >= 0.3 is 0 Å². The van der Waals surface area contributed by atoms with E-state index in [9.17, 15) is 0 Å². The molecule has 0 radical (unpaired) electrons. The Morgan fingerprint density at radius 3 is 2.58 bits per heavy atom. The summed E-state index contributed by atoms with van der Waals surface area (Å²) in [6.07, 6.45) is 0.280. The summed E-state index contributed by atoms with van der Waals surface area (Å²) >= 11 is 0. The summed E-state index contributed by atoms with van der Waals surface area (Å²) in [4.78, 5) is 4.86. The average Bonchev–Trinajstić information content (AvgIpc) is 2.98. The number of fused-ring (bicyclic) bond motifs is 3. The highest BCUT2D eigenvalue weighted by molar-refractivity contribution is 5.76. The molecule has 3 nitrogen and oxygen atoms in total. The van der Waals surface area contributed by atoms with Gasteiger partial charge in [0.15, 0.2) is 6.29 Å². The lowest BCUT2D eigenvalue weighted by Crippen LogP contribution is -2.38. The molecule has 1 saturated heterocycles. The van der Waals surface area contributed by atoms with Gasteiger partial charge in [0.25, 0.3) is 0 Å². The molecule has 2 aliphatic heterocycles. The maximum atomic E-state index is 3.60. The minimum absolute atomic E-state index is 0.280. The van der Waals surface area contributed by atoms with Gasteiger partial charge in [0, 0.05) is 6.54 Å². The molecule has 0 aromatic heterocycles. The third-order valence-electron chi connectivity index (χ3n) is 4.22. The first kappa shape index (κ1) is 10.9. The maximum Gasteiger partial charge on any atom is 0.158 e. The Morgan fingerprint density at radius 2 is 1.74 bits per heavy atom. The smallest absolute Gasteiger partial charge is 0.158 e. The number of para-hydroxylation sites is 2. The molecule has 2 aromatic carbocycles. The van der Waals surface area contributed by atoms with Crippen molar-refractivity contribution in [3.05, 3.63) is 60.2 Å². The number of benzene rings is 2. The molecule has 2 aromatic rings. The van der Waals surface area contributed by atoms with E-state index in [-0.39, 0.29) is 6.29 Å². The van der Waals surface area contributed by atoms with Crippen LogP contribution in [0.1, 0.15) is 11.6 Å². The van der Waals surface area contributed by atoms with Crippen LogP contribution in [0.2, 0.25) is 0 Å². The summed E-state index contributed by atoms with van der Waals surface area (Å²) in [5.74, 6) is 0. The summed E-state index contributed by atoms with van der Waals surface area (Å²) < 4.78 is 0. The Kier molecular flexibility index (Phi) is 2.29. The molecule has 1 fully saturated rings. The Labute approximate surface area is 113 Å². The topological polar surface area (TPSA) is 18.5 Å². The highest BCUT2D eigenvalue weighted by Crippen LogP contribution is 2.42. The van der Waals surface area contributed by atoms with Crippen LogP contribution in [0.25, 0.3) is 0 Å². The van der Waals surface area contributed by atoms with Gasteiger partial charge in [-0.15, -0.1) is 0 Å². The van der Waals surface area contributed by atoms with Crippen molar-refractivity contribution in [1.82, 2.24) is 4.90 Å². The van der Waals surface area contributed by atoms with Gasteiger partial charge in [-0.2, -0.15) is 0 Å². The lowest BCUT2D eigenvalue weighted by molar-refractivity contribution is 0.269. The minimum atomic E-state index is 0.280. The largest absolute Gasteiger partial charge is 0.351 e. The van der Waals surface area contributed by atoms with Crippen LogP contribution in [0.5, 0.6) is 0 Å². The van der Waals surface area contributed by atoms with Crippen molar-refractivity contribution in [2.75, 3.05) is 23.8 Å². The van der Waals surface area contributed by atoms with Gasteiger partial charge in [-0.05, 0) is 24.7 Å². The minimum Gasteiger partial charge on any atom is -0.351 e. The molecule has 4 rings (SSSR count). The fourth-order valence-corrected chi connectivity index (χ4v) is 3.22. The quantitative estimate of drug-likeness (QED) is 0.840.